The molecular formula is C15H21NO5. The van der Waals surface area contributed by atoms with Crippen LogP contribution in [0.2, 0.25) is 0 Å². The van der Waals surface area contributed by atoms with Crippen molar-refractivity contribution < 1.29 is 24.2 Å². The van der Waals surface area contributed by atoms with E-state index < -0.39 is 11.9 Å². The summed E-state index contributed by atoms with van der Waals surface area (Å²) in [5, 5.41) is 8.89. The van der Waals surface area contributed by atoms with Gasteiger partial charge in [-0.3, -0.25) is 9.59 Å². The van der Waals surface area contributed by atoms with Crippen molar-refractivity contribution in [2.45, 2.75) is 13.8 Å². The summed E-state index contributed by atoms with van der Waals surface area (Å²) < 4.78 is 10.5. The number of aliphatic carboxylic acids is 1. The van der Waals surface area contributed by atoms with Gasteiger partial charge in [-0.25, -0.2) is 0 Å². The Balaban J connectivity index is 2.55. The molecule has 1 N–H and O–H groups in total. The number of carbonyl (C=O) groups excluding carboxylic acids is 1. The van der Waals surface area contributed by atoms with Crippen LogP contribution in [0.25, 0.3) is 0 Å². The molecule has 0 heterocycles. The predicted octanol–water partition coefficient (Wildman–Crippen LogP) is 1.64. The normalized spacial score (nSPS) is 11.6. The maximum atomic E-state index is 12.0. The number of hydrogen-bond acceptors (Lipinski definition) is 4. The fourth-order valence-corrected chi connectivity index (χ4v) is 1.74. The quantitative estimate of drug-likeness (QED) is 0.789. The number of likely N-dealkylation sites (N-methyl/N-ethyl adjacent to an activating group) is 1. The van der Waals surface area contributed by atoms with E-state index in [1.807, 2.05) is 0 Å². The van der Waals surface area contributed by atoms with Crippen LogP contribution in [0.4, 0.5) is 0 Å². The van der Waals surface area contributed by atoms with E-state index in [1.54, 1.807) is 45.2 Å². The third-order valence-electron chi connectivity index (χ3n) is 3.05. The van der Waals surface area contributed by atoms with Gasteiger partial charge in [-0.2, -0.15) is 0 Å². The highest BCUT2D eigenvalue weighted by atomic mass is 16.5. The molecule has 116 valence electrons. The molecule has 1 rings (SSSR count). The standard InChI is InChI=1S/C15H21NO5/c1-4-16(9-11(2)15(18)19)14(17)10-21-13-7-5-6-12(8-13)20-3/h5-8,11H,4,9-10H2,1-3H3,(H,18,19). The van der Waals surface area contributed by atoms with Crippen molar-refractivity contribution in [2.24, 2.45) is 5.92 Å². The van der Waals surface area contributed by atoms with E-state index in [0.29, 0.717) is 18.0 Å². The molecule has 0 saturated heterocycles. The molecule has 0 radical (unpaired) electrons. The van der Waals surface area contributed by atoms with Crippen molar-refractivity contribution in [1.82, 2.24) is 4.90 Å². The molecule has 21 heavy (non-hydrogen) atoms. The Morgan fingerprint density at radius 2 is 2.00 bits per heavy atom. The summed E-state index contributed by atoms with van der Waals surface area (Å²) in [7, 11) is 1.55. The summed E-state index contributed by atoms with van der Waals surface area (Å²) >= 11 is 0. The molecule has 1 unspecified atom stereocenters. The molecule has 1 aromatic rings. The zero-order chi connectivity index (χ0) is 15.8. The van der Waals surface area contributed by atoms with Gasteiger partial charge in [-0.1, -0.05) is 13.0 Å². The van der Waals surface area contributed by atoms with Crippen LogP contribution in [0.15, 0.2) is 24.3 Å². The fourth-order valence-electron chi connectivity index (χ4n) is 1.74. The average Bonchev–Trinajstić information content (AvgIpc) is 2.49. The number of carbonyl (C=O) groups is 2. The van der Waals surface area contributed by atoms with Crippen LogP contribution in [0, 0.1) is 5.92 Å². The van der Waals surface area contributed by atoms with Crippen LogP contribution >= 0.6 is 0 Å². The Morgan fingerprint density at radius 3 is 2.57 bits per heavy atom. The maximum Gasteiger partial charge on any atom is 0.308 e. The van der Waals surface area contributed by atoms with E-state index in [0.717, 1.165) is 0 Å². The largest absolute Gasteiger partial charge is 0.497 e. The van der Waals surface area contributed by atoms with Crippen LogP contribution < -0.4 is 9.47 Å². The zero-order valence-electron chi connectivity index (χ0n) is 12.5. The summed E-state index contributed by atoms with van der Waals surface area (Å²) in [5.74, 6) is -0.592. The van der Waals surface area contributed by atoms with Crippen LogP contribution in [-0.4, -0.2) is 48.7 Å². The van der Waals surface area contributed by atoms with Gasteiger partial charge >= 0.3 is 5.97 Å². The van der Waals surface area contributed by atoms with Crippen LogP contribution in [-0.2, 0) is 9.59 Å². The Kier molecular flexibility index (Phi) is 6.52. The molecule has 1 aromatic carbocycles. The first-order chi connectivity index (χ1) is 9.97. The minimum atomic E-state index is -0.921. The highest BCUT2D eigenvalue weighted by molar-refractivity contribution is 5.78. The Hall–Kier alpha value is -2.24. The molecule has 0 saturated carbocycles. The van der Waals surface area contributed by atoms with Gasteiger partial charge in [0.05, 0.1) is 13.0 Å². The highest BCUT2D eigenvalue weighted by Gasteiger charge is 2.19. The third kappa shape index (κ3) is 5.33. The summed E-state index contributed by atoms with van der Waals surface area (Å²) in [6.45, 7) is 3.86. The number of amides is 1. The number of methoxy groups -OCH3 is 1. The van der Waals surface area contributed by atoms with Gasteiger partial charge in [-0.05, 0) is 19.1 Å². The SMILES string of the molecule is CCN(CC(C)C(=O)O)C(=O)COc1cccc(OC)c1. The van der Waals surface area contributed by atoms with E-state index in [-0.39, 0.29) is 19.1 Å². The van der Waals surface area contributed by atoms with E-state index in [1.165, 1.54) is 4.90 Å². The number of nitrogens with zero attached hydrogens (tertiary/aromatic N) is 1. The second-order valence-corrected chi connectivity index (χ2v) is 4.64. The van der Waals surface area contributed by atoms with E-state index in [4.69, 9.17) is 14.6 Å². The molecule has 1 amide bonds. The van der Waals surface area contributed by atoms with Gasteiger partial charge in [0.1, 0.15) is 11.5 Å². The average molecular weight is 295 g/mol. The number of carboxylic acids is 1. The Bertz CT molecular complexity index is 489. The zero-order valence-corrected chi connectivity index (χ0v) is 12.5. The van der Waals surface area contributed by atoms with E-state index in [2.05, 4.69) is 0 Å². The van der Waals surface area contributed by atoms with Gasteiger partial charge < -0.3 is 19.5 Å². The van der Waals surface area contributed by atoms with E-state index in [9.17, 15) is 9.59 Å². The van der Waals surface area contributed by atoms with Crippen molar-refractivity contribution >= 4 is 11.9 Å². The molecule has 0 bridgehead atoms. The monoisotopic (exact) mass is 295 g/mol. The number of ether oxygens (including phenoxy) is 2. The lowest BCUT2D eigenvalue weighted by molar-refractivity contribution is -0.143. The molecule has 0 aliphatic rings. The van der Waals surface area contributed by atoms with Crippen LogP contribution in [0.1, 0.15) is 13.8 Å². The van der Waals surface area contributed by atoms with Crippen molar-refractivity contribution in [3.63, 3.8) is 0 Å². The van der Waals surface area contributed by atoms with Gasteiger partial charge in [-0.15, -0.1) is 0 Å². The number of carboxylic acid groups (broad SMARTS) is 1. The molecular weight excluding hydrogens is 274 g/mol. The Morgan fingerprint density at radius 1 is 1.33 bits per heavy atom. The summed E-state index contributed by atoms with van der Waals surface area (Å²) in [6.07, 6.45) is 0. The van der Waals surface area contributed by atoms with Gasteiger partial charge in [0.15, 0.2) is 6.61 Å². The lowest BCUT2D eigenvalue weighted by atomic mass is 10.1. The predicted molar refractivity (Wildman–Crippen MR) is 77.5 cm³/mol. The third-order valence-corrected chi connectivity index (χ3v) is 3.05. The number of rotatable bonds is 8. The molecule has 0 fully saturated rings. The first kappa shape index (κ1) is 16.8. The highest BCUT2D eigenvalue weighted by Crippen LogP contribution is 2.18. The van der Waals surface area contributed by atoms with Crippen molar-refractivity contribution in [3.8, 4) is 11.5 Å². The second-order valence-electron chi connectivity index (χ2n) is 4.64. The fraction of sp³-hybridized carbons (Fsp3) is 0.467. The first-order valence-corrected chi connectivity index (χ1v) is 6.75. The maximum absolute atomic E-state index is 12.0. The molecule has 6 heteroatoms. The van der Waals surface area contributed by atoms with Crippen molar-refractivity contribution in [1.29, 1.82) is 0 Å². The van der Waals surface area contributed by atoms with Gasteiger partial charge in [0.25, 0.3) is 5.91 Å². The molecule has 6 nitrogen and oxygen atoms in total. The molecule has 1 atom stereocenters. The molecule has 0 aliphatic carbocycles. The van der Waals surface area contributed by atoms with E-state index >= 15 is 0 Å². The van der Waals surface area contributed by atoms with Crippen molar-refractivity contribution in [3.05, 3.63) is 24.3 Å². The number of hydrogen-bond donors (Lipinski definition) is 1. The second kappa shape index (κ2) is 8.14. The molecule has 0 aliphatic heterocycles. The number of benzene rings is 1. The molecule has 0 aromatic heterocycles. The lowest BCUT2D eigenvalue weighted by Gasteiger charge is -2.22. The summed E-state index contributed by atoms with van der Waals surface area (Å²) in [5.41, 5.74) is 0. The Labute approximate surface area is 124 Å². The van der Waals surface area contributed by atoms with Gasteiger partial charge in [0, 0.05) is 19.2 Å². The topological polar surface area (TPSA) is 76.1 Å². The first-order valence-electron chi connectivity index (χ1n) is 6.75. The molecule has 0 spiro atoms. The minimum absolute atomic E-state index is 0.132. The minimum Gasteiger partial charge on any atom is -0.497 e. The van der Waals surface area contributed by atoms with Crippen molar-refractivity contribution in [2.75, 3.05) is 26.8 Å². The smallest absolute Gasteiger partial charge is 0.308 e. The summed E-state index contributed by atoms with van der Waals surface area (Å²) in [6, 6.07) is 6.96. The lowest BCUT2D eigenvalue weighted by Crippen LogP contribution is -2.39. The van der Waals surface area contributed by atoms with Crippen LogP contribution in [0.5, 0.6) is 11.5 Å². The van der Waals surface area contributed by atoms with Crippen LogP contribution in [0.3, 0.4) is 0 Å². The van der Waals surface area contributed by atoms with Gasteiger partial charge in [0.2, 0.25) is 0 Å². The summed E-state index contributed by atoms with van der Waals surface area (Å²) in [4.78, 5) is 24.3.